The highest BCUT2D eigenvalue weighted by molar-refractivity contribution is 6.31. The highest BCUT2D eigenvalue weighted by Crippen LogP contribution is 2.47. The molecule has 4 rings (SSSR count). The second-order valence-electron chi connectivity index (χ2n) is 7.76. The molecule has 0 aliphatic carbocycles. The fraction of sp³-hybridized carbons (Fsp3) is 0.304. The lowest BCUT2D eigenvalue weighted by Crippen LogP contribution is -2.36. The zero-order chi connectivity index (χ0) is 25.3. The van der Waals surface area contributed by atoms with Crippen LogP contribution in [0.1, 0.15) is 34.4 Å². The molecule has 186 valence electrons. The molecule has 1 aliphatic heterocycles. The molecule has 0 spiro atoms. The number of nitrogens with zero attached hydrogens (tertiary/aromatic N) is 2. The van der Waals surface area contributed by atoms with E-state index in [2.05, 4.69) is 15.7 Å². The Labute approximate surface area is 203 Å². The van der Waals surface area contributed by atoms with Gasteiger partial charge in [0.15, 0.2) is 17.5 Å². The molecule has 12 heteroatoms. The second-order valence-corrected chi connectivity index (χ2v) is 8.20. The molecular formula is C23H22ClF3N4O4. The summed E-state index contributed by atoms with van der Waals surface area (Å²) in [4.78, 5) is 13.0. The number of halogens is 4. The van der Waals surface area contributed by atoms with Crippen molar-refractivity contribution in [3.63, 3.8) is 0 Å². The predicted octanol–water partition coefficient (Wildman–Crippen LogP) is 5.47. The van der Waals surface area contributed by atoms with Crippen LogP contribution in [0.3, 0.4) is 0 Å². The van der Waals surface area contributed by atoms with E-state index in [0.29, 0.717) is 33.5 Å². The van der Waals surface area contributed by atoms with Gasteiger partial charge in [-0.25, -0.2) is 4.68 Å². The summed E-state index contributed by atoms with van der Waals surface area (Å²) in [5.41, 5.74) is 0.811. The Morgan fingerprint density at radius 1 is 1.14 bits per heavy atom. The Bertz CT molecular complexity index is 1220. The minimum absolute atomic E-state index is 0.0450. The first kappa shape index (κ1) is 24.5. The van der Waals surface area contributed by atoms with Crippen molar-refractivity contribution in [2.45, 2.75) is 24.7 Å². The maximum absolute atomic E-state index is 14.0. The Hall–Kier alpha value is -3.60. The Morgan fingerprint density at radius 2 is 1.83 bits per heavy atom. The molecular weight excluding hydrogens is 489 g/mol. The van der Waals surface area contributed by atoms with E-state index in [0.717, 1.165) is 10.9 Å². The van der Waals surface area contributed by atoms with E-state index in [1.54, 1.807) is 30.3 Å². The van der Waals surface area contributed by atoms with Gasteiger partial charge in [0, 0.05) is 17.1 Å². The van der Waals surface area contributed by atoms with Gasteiger partial charge in [0.05, 0.1) is 33.6 Å². The van der Waals surface area contributed by atoms with Crippen molar-refractivity contribution >= 4 is 29.0 Å². The lowest BCUT2D eigenvalue weighted by Gasteiger charge is -2.34. The number of alkyl halides is 3. The molecule has 1 aromatic heterocycles. The molecule has 35 heavy (non-hydrogen) atoms. The van der Waals surface area contributed by atoms with E-state index < -0.39 is 24.2 Å². The highest BCUT2D eigenvalue weighted by Gasteiger charge is 2.47. The Morgan fingerprint density at radius 3 is 2.40 bits per heavy atom. The van der Waals surface area contributed by atoms with Gasteiger partial charge in [0.1, 0.15) is 11.4 Å². The number of aromatic nitrogens is 2. The van der Waals surface area contributed by atoms with E-state index in [4.69, 9.17) is 25.8 Å². The number of hydrogen-bond donors (Lipinski definition) is 2. The van der Waals surface area contributed by atoms with Crippen LogP contribution in [-0.2, 0) is 0 Å². The smallest absolute Gasteiger partial charge is 0.410 e. The summed E-state index contributed by atoms with van der Waals surface area (Å²) in [7, 11) is 4.27. The number of anilines is 2. The average molecular weight is 511 g/mol. The van der Waals surface area contributed by atoms with Gasteiger partial charge in [-0.05, 0) is 35.9 Å². The topological polar surface area (TPSA) is 86.6 Å². The molecule has 2 atom stereocenters. The predicted molar refractivity (Wildman–Crippen MR) is 124 cm³/mol. The lowest BCUT2D eigenvalue weighted by atomic mass is 9.95. The van der Waals surface area contributed by atoms with Gasteiger partial charge < -0.3 is 24.8 Å². The van der Waals surface area contributed by atoms with Crippen molar-refractivity contribution in [1.29, 1.82) is 0 Å². The monoisotopic (exact) mass is 510 g/mol. The first-order valence-corrected chi connectivity index (χ1v) is 10.8. The molecule has 2 aromatic carbocycles. The fourth-order valence-electron chi connectivity index (χ4n) is 4.01. The maximum Gasteiger partial charge on any atom is 0.410 e. The Balaban J connectivity index is 1.74. The number of fused-ring (bicyclic) bond motifs is 1. The number of ether oxygens (including phenoxy) is 3. The molecule has 0 bridgehead atoms. The highest BCUT2D eigenvalue weighted by atomic mass is 35.5. The van der Waals surface area contributed by atoms with Gasteiger partial charge in [-0.2, -0.15) is 18.3 Å². The lowest BCUT2D eigenvalue weighted by molar-refractivity contribution is -0.173. The van der Waals surface area contributed by atoms with Crippen LogP contribution in [0.4, 0.5) is 24.7 Å². The van der Waals surface area contributed by atoms with E-state index in [1.807, 2.05) is 0 Å². The standard InChI is InChI=1S/C23H22ClF3N4O4/c1-33-17-7-12(8-18(34-2)20(17)35-3)16-10-19(23(25,26)27)31-21(30-16)15(11-28-31)22(32)29-14-6-4-5-13(24)9-14/h4-9,11,16,19,30H,10H2,1-3H3,(H,29,32)/t16-,19+/m0/s1. The summed E-state index contributed by atoms with van der Waals surface area (Å²) in [5, 5.41) is 9.97. The number of benzene rings is 2. The summed E-state index contributed by atoms with van der Waals surface area (Å²) in [5.74, 6) is 0.216. The average Bonchev–Trinajstić information content (AvgIpc) is 3.25. The molecule has 2 N–H and O–H groups in total. The van der Waals surface area contributed by atoms with Crippen LogP contribution in [0.15, 0.2) is 42.6 Å². The number of carbonyl (C=O) groups excluding carboxylic acids is 1. The summed E-state index contributed by atoms with van der Waals surface area (Å²) < 4.78 is 58.9. The van der Waals surface area contributed by atoms with Crippen LogP contribution in [-0.4, -0.2) is 43.2 Å². The SMILES string of the molecule is COc1cc([C@@H]2C[C@H](C(F)(F)F)n3ncc(C(=O)Nc4cccc(Cl)c4)c3N2)cc(OC)c1OC. The Kier molecular flexibility index (Phi) is 6.70. The molecule has 3 aromatic rings. The van der Waals surface area contributed by atoms with Crippen LogP contribution in [0.5, 0.6) is 17.2 Å². The minimum Gasteiger partial charge on any atom is -0.493 e. The van der Waals surface area contributed by atoms with Crippen molar-refractivity contribution in [2.24, 2.45) is 0 Å². The third-order valence-corrected chi connectivity index (χ3v) is 5.89. The fourth-order valence-corrected chi connectivity index (χ4v) is 4.20. The molecule has 0 fully saturated rings. The van der Waals surface area contributed by atoms with E-state index in [1.165, 1.54) is 27.4 Å². The summed E-state index contributed by atoms with van der Waals surface area (Å²) in [6, 6.07) is 6.77. The van der Waals surface area contributed by atoms with Crippen LogP contribution in [0.2, 0.25) is 5.02 Å². The largest absolute Gasteiger partial charge is 0.493 e. The minimum atomic E-state index is -4.61. The van der Waals surface area contributed by atoms with Crippen molar-refractivity contribution in [3.05, 3.63) is 58.7 Å². The van der Waals surface area contributed by atoms with Crippen molar-refractivity contribution < 1.29 is 32.2 Å². The van der Waals surface area contributed by atoms with Crippen molar-refractivity contribution in [3.8, 4) is 17.2 Å². The summed E-state index contributed by atoms with van der Waals surface area (Å²) >= 11 is 5.96. The molecule has 0 radical (unpaired) electrons. The third kappa shape index (κ3) is 4.81. The number of hydrogen-bond acceptors (Lipinski definition) is 6. The maximum atomic E-state index is 14.0. The number of rotatable bonds is 6. The first-order chi connectivity index (χ1) is 16.7. The number of carbonyl (C=O) groups is 1. The van der Waals surface area contributed by atoms with E-state index >= 15 is 0 Å². The molecule has 2 heterocycles. The van der Waals surface area contributed by atoms with Crippen molar-refractivity contribution in [2.75, 3.05) is 32.0 Å². The van der Waals surface area contributed by atoms with Crippen LogP contribution in [0.25, 0.3) is 0 Å². The van der Waals surface area contributed by atoms with Crippen LogP contribution < -0.4 is 24.8 Å². The zero-order valence-corrected chi connectivity index (χ0v) is 19.7. The molecule has 0 unspecified atom stereocenters. The molecule has 1 amide bonds. The molecule has 0 saturated heterocycles. The van der Waals surface area contributed by atoms with Gasteiger partial charge in [-0.15, -0.1) is 0 Å². The number of amides is 1. The van der Waals surface area contributed by atoms with E-state index in [-0.39, 0.29) is 17.8 Å². The van der Waals surface area contributed by atoms with Gasteiger partial charge in [-0.1, -0.05) is 17.7 Å². The molecule has 1 aliphatic rings. The van der Waals surface area contributed by atoms with Crippen LogP contribution in [0, 0.1) is 0 Å². The third-order valence-electron chi connectivity index (χ3n) is 5.65. The summed E-state index contributed by atoms with van der Waals surface area (Å²) in [6.45, 7) is 0. The van der Waals surface area contributed by atoms with Gasteiger partial charge in [-0.3, -0.25) is 4.79 Å². The number of nitrogens with one attached hydrogen (secondary N) is 2. The molecule has 8 nitrogen and oxygen atoms in total. The first-order valence-electron chi connectivity index (χ1n) is 10.4. The quantitative estimate of drug-likeness (QED) is 0.457. The normalized spacial score (nSPS) is 17.2. The van der Waals surface area contributed by atoms with Gasteiger partial charge in [0.2, 0.25) is 5.75 Å². The summed E-state index contributed by atoms with van der Waals surface area (Å²) in [6.07, 6.45) is -3.87. The van der Waals surface area contributed by atoms with Gasteiger partial charge >= 0.3 is 6.18 Å². The zero-order valence-electron chi connectivity index (χ0n) is 18.9. The second kappa shape index (κ2) is 9.57. The molecule has 0 saturated carbocycles. The van der Waals surface area contributed by atoms with Gasteiger partial charge in [0.25, 0.3) is 5.91 Å². The van der Waals surface area contributed by atoms with Crippen molar-refractivity contribution in [1.82, 2.24) is 9.78 Å². The van der Waals surface area contributed by atoms with Crippen LogP contribution >= 0.6 is 11.6 Å². The van der Waals surface area contributed by atoms with E-state index in [9.17, 15) is 18.0 Å². The number of methoxy groups -OCH3 is 3.